The van der Waals surface area contributed by atoms with Crippen molar-refractivity contribution in [3.63, 3.8) is 0 Å². The van der Waals surface area contributed by atoms with E-state index < -0.39 is 0 Å². The van der Waals surface area contributed by atoms with Gasteiger partial charge in [0.05, 0.1) is 13.2 Å². The summed E-state index contributed by atoms with van der Waals surface area (Å²) in [5.41, 5.74) is 3.17. The van der Waals surface area contributed by atoms with Crippen molar-refractivity contribution in [3.05, 3.63) is 59.9 Å². The van der Waals surface area contributed by atoms with E-state index in [0.717, 1.165) is 60.9 Å². The summed E-state index contributed by atoms with van der Waals surface area (Å²) in [6.45, 7) is 5.17. The minimum absolute atomic E-state index is 0.669. The fourth-order valence-electron chi connectivity index (χ4n) is 3.38. The number of furan rings is 1. The lowest BCUT2D eigenvalue weighted by atomic mass is 10.1. The van der Waals surface area contributed by atoms with Crippen LogP contribution < -0.4 is 9.64 Å². The Bertz CT molecular complexity index is 954. The van der Waals surface area contributed by atoms with Crippen molar-refractivity contribution < 1.29 is 13.9 Å². The van der Waals surface area contributed by atoms with Gasteiger partial charge in [-0.1, -0.05) is 18.2 Å². The standard InChI is InChI=1S/C24H28N2O3/c1-25(2)21-7-3-19(4-8-21)5-9-23-17-20-6-10-22(18-24(20)29-23)28-16-13-26-11-14-27-15-12-26/h3-10,17-18H,11-16H2,1-2H3/b9-5+. The highest BCUT2D eigenvalue weighted by molar-refractivity contribution is 5.83. The van der Waals surface area contributed by atoms with Crippen LogP contribution >= 0.6 is 0 Å². The summed E-state index contributed by atoms with van der Waals surface area (Å²) in [6, 6.07) is 16.5. The van der Waals surface area contributed by atoms with Gasteiger partial charge in [0, 0.05) is 50.9 Å². The summed E-state index contributed by atoms with van der Waals surface area (Å²) in [6.07, 6.45) is 4.07. The molecule has 5 heteroatoms. The molecule has 0 saturated carbocycles. The number of anilines is 1. The highest BCUT2D eigenvalue weighted by Gasteiger charge is 2.10. The summed E-state index contributed by atoms with van der Waals surface area (Å²) in [5, 5.41) is 1.08. The van der Waals surface area contributed by atoms with E-state index in [4.69, 9.17) is 13.9 Å². The quantitative estimate of drug-likeness (QED) is 0.597. The number of hydrogen-bond donors (Lipinski definition) is 0. The van der Waals surface area contributed by atoms with Gasteiger partial charge in [-0.25, -0.2) is 0 Å². The van der Waals surface area contributed by atoms with Crippen molar-refractivity contribution >= 4 is 28.8 Å². The second-order valence-corrected chi connectivity index (χ2v) is 7.47. The van der Waals surface area contributed by atoms with E-state index >= 15 is 0 Å². The molecule has 1 saturated heterocycles. The minimum Gasteiger partial charge on any atom is -0.492 e. The van der Waals surface area contributed by atoms with Crippen LogP contribution in [0.25, 0.3) is 23.1 Å². The molecule has 0 unspecified atom stereocenters. The van der Waals surface area contributed by atoms with Crippen LogP contribution in [0.3, 0.4) is 0 Å². The molecule has 152 valence electrons. The average Bonchev–Trinajstić information content (AvgIpc) is 3.15. The number of ether oxygens (including phenoxy) is 2. The molecule has 0 radical (unpaired) electrons. The maximum atomic E-state index is 5.99. The Kier molecular flexibility index (Phi) is 6.17. The van der Waals surface area contributed by atoms with E-state index in [9.17, 15) is 0 Å². The van der Waals surface area contributed by atoms with Crippen LogP contribution in [0, 0.1) is 0 Å². The van der Waals surface area contributed by atoms with Gasteiger partial charge >= 0.3 is 0 Å². The Morgan fingerprint density at radius 2 is 1.79 bits per heavy atom. The summed E-state index contributed by atoms with van der Waals surface area (Å²) in [5.74, 6) is 1.68. The van der Waals surface area contributed by atoms with E-state index in [1.807, 2.05) is 38.4 Å². The van der Waals surface area contributed by atoms with Gasteiger partial charge in [0.15, 0.2) is 0 Å². The van der Waals surface area contributed by atoms with Crippen LogP contribution in [0.4, 0.5) is 5.69 Å². The molecular formula is C24H28N2O3. The van der Waals surface area contributed by atoms with Gasteiger partial charge in [-0.3, -0.25) is 4.90 Å². The van der Waals surface area contributed by atoms with Crippen molar-refractivity contribution in [2.24, 2.45) is 0 Å². The topological polar surface area (TPSA) is 38.1 Å². The molecule has 0 aliphatic carbocycles. The second kappa shape index (κ2) is 9.16. The third-order valence-corrected chi connectivity index (χ3v) is 5.14. The lowest BCUT2D eigenvalue weighted by Crippen LogP contribution is -2.38. The predicted octanol–water partition coefficient (Wildman–Crippen LogP) is 4.38. The van der Waals surface area contributed by atoms with Gasteiger partial charge in [0.1, 0.15) is 23.7 Å². The van der Waals surface area contributed by atoms with Gasteiger partial charge in [-0.05, 0) is 42.0 Å². The molecule has 4 rings (SSSR count). The number of hydrogen-bond acceptors (Lipinski definition) is 5. The molecule has 0 bridgehead atoms. The number of nitrogens with zero attached hydrogens (tertiary/aromatic N) is 2. The van der Waals surface area contributed by atoms with Gasteiger partial charge in [0.2, 0.25) is 0 Å². The van der Waals surface area contributed by atoms with Crippen molar-refractivity contribution in [2.45, 2.75) is 0 Å². The van der Waals surface area contributed by atoms with Crippen molar-refractivity contribution in [2.75, 3.05) is 58.5 Å². The fourth-order valence-corrected chi connectivity index (χ4v) is 3.38. The van der Waals surface area contributed by atoms with E-state index in [0.29, 0.717) is 6.61 Å². The second-order valence-electron chi connectivity index (χ2n) is 7.47. The third kappa shape index (κ3) is 5.19. The Labute approximate surface area is 172 Å². The normalized spacial score (nSPS) is 15.2. The van der Waals surface area contributed by atoms with Gasteiger partial charge in [-0.2, -0.15) is 0 Å². The SMILES string of the molecule is CN(C)c1ccc(/C=C/c2cc3ccc(OCCN4CCOCC4)cc3o2)cc1. The molecule has 2 aromatic carbocycles. The molecule has 29 heavy (non-hydrogen) atoms. The number of fused-ring (bicyclic) bond motifs is 1. The zero-order valence-corrected chi connectivity index (χ0v) is 17.1. The Hall–Kier alpha value is -2.76. The number of benzene rings is 2. The zero-order valence-electron chi connectivity index (χ0n) is 17.1. The van der Waals surface area contributed by atoms with E-state index in [1.165, 1.54) is 5.69 Å². The number of morpholine rings is 1. The summed E-state index contributed by atoms with van der Waals surface area (Å²) in [7, 11) is 4.08. The maximum Gasteiger partial charge on any atom is 0.138 e. The first-order valence-corrected chi connectivity index (χ1v) is 10.1. The molecule has 1 fully saturated rings. The van der Waals surface area contributed by atoms with Crippen LogP contribution in [0.2, 0.25) is 0 Å². The first-order valence-electron chi connectivity index (χ1n) is 10.1. The molecule has 1 aliphatic heterocycles. The largest absolute Gasteiger partial charge is 0.492 e. The molecule has 0 N–H and O–H groups in total. The smallest absolute Gasteiger partial charge is 0.138 e. The monoisotopic (exact) mass is 392 g/mol. The molecule has 0 spiro atoms. The van der Waals surface area contributed by atoms with Crippen LogP contribution in [-0.4, -0.2) is 58.5 Å². The van der Waals surface area contributed by atoms with Crippen LogP contribution in [0.15, 0.2) is 52.9 Å². The van der Waals surface area contributed by atoms with E-state index in [1.54, 1.807) is 0 Å². The summed E-state index contributed by atoms with van der Waals surface area (Å²) >= 11 is 0. The third-order valence-electron chi connectivity index (χ3n) is 5.14. The zero-order chi connectivity index (χ0) is 20.1. The molecule has 2 heterocycles. The first kappa shape index (κ1) is 19.6. The minimum atomic E-state index is 0.669. The van der Waals surface area contributed by atoms with Crippen LogP contribution in [-0.2, 0) is 4.74 Å². The maximum absolute atomic E-state index is 5.99. The lowest BCUT2D eigenvalue weighted by Gasteiger charge is -2.26. The van der Waals surface area contributed by atoms with Gasteiger partial charge in [0.25, 0.3) is 0 Å². The highest BCUT2D eigenvalue weighted by atomic mass is 16.5. The van der Waals surface area contributed by atoms with E-state index in [-0.39, 0.29) is 0 Å². The summed E-state index contributed by atoms with van der Waals surface area (Å²) < 4.78 is 17.3. The van der Waals surface area contributed by atoms with Crippen LogP contribution in [0.5, 0.6) is 5.75 Å². The molecular weight excluding hydrogens is 364 g/mol. The molecule has 1 aliphatic rings. The molecule has 1 aromatic heterocycles. The van der Waals surface area contributed by atoms with E-state index in [2.05, 4.69) is 46.2 Å². The predicted molar refractivity (Wildman–Crippen MR) is 119 cm³/mol. The average molecular weight is 392 g/mol. The highest BCUT2D eigenvalue weighted by Crippen LogP contribution is 2.25. The van der Waals surface area contributed by atoms with Crippen molar-refractivity contribution in [1.82, 2.24) is 4.90 Å². The molecule has 0 atom stereocenters. The van der Waals surface area contributed by atoms with Crippen LogP contribution in [0.1, 0.15) is 11.3 Å². The molecule has 3 aromatic rings. The number of rotatable bonds is 7. The Morgan fingerprint density at radius 3 is 2.55 bits per heavy atom. The Morgan fingerprint density at radius 1 is 1.00 bits per heavy atom. The Balaban J connectivity index is 1.37. The molecule has 0 amide bonds. The van der Waals surface area contributed by atoms with Crippen molar-refractivity contribution in [3.8, 4) is 5.75 Å². The first-order chi connectivity index (χ1) is 14.2. The summed E-state index contributed by atoms with van der Waals surface area (Å²) in [4.78, 5) is 4.45. The lowest BCUT2D eigenvalue weighted by molar-refractivity contribution is 0.0322. The van der Waals surface area contributed by atoms with Gasteiger partial charge < -0.3 is 18.8 Å². The molecule has 5 nitrogen and oxygen atoms in total. The van der Waals surface area contributed by atoms with Gasteiger partial charge in [-0.15, -0.1) is 0 Å². The van der Waals surface area contributed by atoms with Crippen molar-refractivity contribution in [1.29, 1.82) is 0 Å². The fraction of sp³-hybridized carbons (Fsp3) is 0.333.